The molecule has 1 aromatic carbocycles. The van der Waals surface area contributed by atoms with E-state index < -0.39 is 0 Å². The van der Waals surface area contributed by atoms with Crippen molar-refractivity contribution in [2.24, 2.45) is 0 Å². The summed E-state index contributed by atoms with van der Waals surface area (Å²) in [6, 6.07) is 6.41. The molecule has 0 aliphatic carbocycles. The number of phenolic OH excluding ortho intramolecular Hbond substituents is 1. The van der Waals surface area contributed by atoms with Gasteiger partial charge in [-0.1, -0.05) is 13.2 Å². The normalized spacial score (nSPS) is 9.00. The first-order valence-electron chi connectivity index (χ1n) is 3.50. The zero-order chi connectivity index (χ0) is 8.97. The molecule has 0 heterocycles. The zero-order valence-electron chi connectivity index (χ0n) is 6.66. The van der Waals surface area contributed by atoms with E-state index in [1.54, 1.807) is 24.3 Å². The molecule has 12 heavy (non-hydrogen) atoms. The molecule has 1 rings (SSSR count). The molecule has 1 N–H and O–H groups in total. The third-order valence-electron chi connectivity index (χ3n) is 1.31. The summed E-state index contributed by atoms with van der Waals surface area (Å²) in [5.41, 5.74) is 0. The molecular formula is C10H10O2. The van der Waals surface area contributed by atoms with Crippen LogP contribution in [-0.2, 0) is 0 Å². The molecule has 0 atom stereocenters. The zero-order valence-corrected chi connectivity index (χ0v) is 6.66. The lowest BCUT2D eigenvalue weighted by Crippen LogP contribution is -1.88. The second-order valence-corrected chi connectivity index (χ2v) is 2.27. The molecule has 0 aromatic heterocycles. The number of rotatable bonds is 3. The van der Waals surface area contributed by atoms with Gasteiger partial charge in [0.1, 0.15) is 17.3 Å². The van der Waals surface area contributed by atoms with Crippen LogP contribution in [0.25, 0.3) is 0 Å². The highest BCUT2D eigenvalue weighted by atomic mass is 16.5. The average Bonchev–Trinajstić information content (AvgIpc) is 2.09. The second kappa shape index (κ2) is 3.62. The standard InChI is InChI=1S/C10H10O2/c1-3-8(2)12-10-6-4-9(11)5-7-10/h3-7,11H,1-2H2. The summed E-state index contributed by atoms with van der Waals surface area (Å²) in [6.07, 6.45) is 1.52. The SMILES string of the molecule is C=CC(=C)Oc1ccc(O)cc1. The van der Waals surface area contributed by atoms with Gasteiger partial charge in [-0.3, -0.25) is 0 Å². The fourth-order valence-corrected chi connectivity index (χ4v) is 0.707. The topological polar surface area (TPSA) is 29.5 Å². The number of benzene rings is 1. The predicted octanol–water partition coefficient (Wildman–Crippen LogP) is 2.47. The third kappa shape index (κ3) is 2.16. The minimum Gasteiger partial charge on any atom is -0.508 e. The van der Waals surface area contributed by atoms with Crippen LogP contribution < -0.4 is 4.74 Å². The van der Waals surface area contributed by atoms with Crippen molar-refractivity contribution in [1.29, 1.82) is 0 Å². The Bertz CT molecular complexity index is 285. The van der Waals surface area contributed by atoms with Crippen molar-refractivity contribution in [2.45, 2.75) is 0 Å². The lowest BCUT2D eigenvalue weighted by molar-refractivity contribution is 0.442. The van der Waals surface area contributed by atoms with Gasteiger partial charge in [-0.15, -0.1) is 0 Å². The largest absolute Gasteiger partial charge is 0.508 e. The van der Waals surface area contributed by atoms with Gasteiger partial charge in [0.05, 0.1) is 0 Å². The number of allylic oxidation sites excluding steroid dienone is 1. The highest BCUT2D eigenvalue weighted by Crippen LogP contribution is 2.17. The molecule has 2 heteroatoms. The van der Waals surface area contributed by atoms with Crippen molar-refractivity contribution >= 4 is 0 Å². The predicted molar refractivity (Wildman–Crippen MR) is 48.1 cm³/mol. The smallest absolute Gasteiger partial charge is 0.127 e. The molecule has 0 aliphatic heterocycles. The van der Waals surface area contributed by atoms with E-state index in [0.29, 0.717) is 11.5 Å². The van der Waals surface area contributed by atoms with Crippen LogP contribution in [-0.4, -0.2) is 5.11 Å². The van der Waals surface area contributed by atoms with E-state index in [1.165, 1.54) is 6.08 Å². The summed E-state index contributed by atoms with van der Waals surface area (Å²) in [4.78, 5) is 0. The Kier molecular flexibility index (Phi) is 2.53. The Morgan fingerprint density at radius 1 is 1.33 bits per heavy atom. The van der Waals surface area contributed by atoms with Crippen molar-refractivity contribution in [3.63, 3.8) is 0 Å². The van der Waals surface area contributed by atoms with E-state index in [0.717, 1.165) is 0 Å². The first-order valence-corrected chi connectivity index (χ1v) is 3.50. The van der Waals surface area contributed by atoms with Gasteiger partial charge in [0.2, 0.25) is 0 Å². The number of hydrogen-bond donors (Lipinski definition) is 1. The summed E-state index contributed by atoms with van der Waals surface area (Å²) >= 11 is 0. The fourth-order valence-electron chi connectivity index (χ4n) is 0.707. The maximum Gasteiger partial charge on any atom is 0.127 e. The van der Waals surface area contributed by atoms with Gasteiger partial charge in [-0.25, -0.2) is 0 Å². The summed E-state index contributed by atoms with van der Waals surface area (Å²) in [6.45, 7) is 7.09. The Balaban J connectivity index is 2.71. The molecule has 0 unspecified atom stereocenters. The van der Waals surface area contributed by atoms with E-state index in [1.807, 2.05) is 0 Å². The lowest BCUT2D eigenvalue weighted by Gasteiger charge is -2.03. The summed E-state index contributed by atoms with van der Waals surface area (Å²) in [5.74, 6) is 1.34. The van der Waals surface area contributed by atoms with Gasteiger partial charge in [-0.2, -0.15) is 0 Å². The average molecular weight is 162 g/mol. The number of phenols is 1. The van der Waals surface area contributed by atoms with Gasteiger partial charge in [0, 0.05) is 0 Å². The van der Waals surface area contributed by atoms with Crippen LogP contribution in [0.5, 0.6) is 11.5 Å². The Hall–Kier alpha value is -1.70. The van der Waals surface area contributed by atoms with Crippen LogP contribution in [0.15, 0.2) is 49.3 Å². The van der Waals surface area contributed by atoms with Crippen LogP contribution in [0.4, 0.5) is 0 Å². The van der Waals surface area contributed by atoms with E-state index in [9.17, 15) is 0 Å². The van der Waals surface area contributed by atoms with Gasteiger partial charge < -0.3 is 9.84 Å². The first kappa shape index (κ1) is 8.40. The van der Waals surface area contributed by atoms with Crippen LogP contribution >= 0.6 is 0 Å². The summed E-state index contributed by atoms with van der Waals surface area (Å²) in [5, 5.41) is 8.95. The highest BCUT2D eigenvalue weighted by molar-refractivity contribution is 5.31. The molecule has 0 aliphatic rings. The van der Waals surface area contributed by atoms with Gasteiger partial charge in [0.15, 0.2) is 0 Å². The quantitative estimate of drug-likeness (QED) is 0.546. The summed E-state index contributed by atoms with van der Waals surface area (Å²) < 4.78 is 5.19. The minimum absolute atomic E-state index is 0.214. The number of hydrogen-bond acceptors (Lipinski definition) is 2. The first-order chi connectivity index (χ1) is 5.72. The van der Waals surface area contributed by atoms with Crippen LogP contribution in [0.1, 0.15) is 0 Å². The molecule has 0 saturated carbocycles. The van der Waals surface area contributed by atoms with Crippen molar-refractivity contribution < 1.29 is 9.84 Å². The molecule has 0 bridgehead atoms. The molecule has 0 amide bonds. The molecule has 0 saturated heterocycles. The Morgan fingerprint density at radius 3 is 2.42 bits per heavy atom. The van der Waals surface area contributed by atoms with Crippen molar-refractivity contribution in [1.82, 2.24) is 0 Å². The van der Waals surface area contributed by atoms with E-state index >= 15 is 0 Å². The van der Waals surface area contributed by atoms with Crippen LogP contribution in [0.3, 0.4) is 0 Å². The Morgan fingerprint density at radius 2 is 1.92 bits per heavy atom. The van der Waals surface area contributed by atoms with Gasteiger partial charge >= 0.3 is 0 Å². The highest BCUT2D eigenvalue weighted by Gasteiger charge is 1.93. The second-order valence-electron chi connectivity index (χ2n) is 2.27. The van der Waals surface area contributed by atoms with Crippen molar-refractivity contribution in [3.8, 4) is 11.5 Å². The molecule has 0 spiro atoms. The minimum atomic E-state index is 0.214. The monoisotopic (exact) mass is 162 g/mol. The molecule has 2 nitrogen and oxygen atoms in total. The molecule has 0 radical (unpaired) electrons. The van der Waals surface area contributed by atoms with Gasteiger partial charge in [-0.05, 0) is 30.3 Å². The van der Waals surface area contributed by atoms with E-state index in [-0.39, 0.29) is 5.75 Å². The number of aromatic hydroxyl groups is 1. The molecular weight excluding hydrogens is 152 g/mol. The van der Waals surface area contributed by atoms with Crippen molar-refractivity contribution in [3.05, 3.63) is 49.3 Å². The van der Waals surface area contributed by atoms with E-state index in [2.05, 4.69) is 13.2 Å². The Labute approximate surface area is 71.4 Å². The number of ether oxygens (including phenoxy) is 1. The van der Waals surface area contributed by atoms with E-state index in [4.69, 9.17) is 9.84 Å². The lowest BCUT2D eigenvalue weighted by atomic mass is 10.3. The van der Waals surface area contributed by atoms with Gasteiger partial charge in [0.25, 0.3) is 0 Å². The maximum atomic E-state index is 8.95. The maximum absolute atomic E-state index is 8.95. The molecule has 0 fully saturated rings. The third-order valence-corrected chi connectivity index (χ3v) is 1.31. The summed E-state index contributed by atoms with van der Waals surface area (Å²) in [7, 11) is 0. The molecule has 62 valence electrons. The van der Waals surface area contributed by atoms with Crippen molar-refractivity contribution in [2.75, 3.05) is 0 Å². The fraction of sp³-hybridized carbons (Fsp3) is 0. The molecule has 1 aromatic rings. The van der Waals surface area contributed by atoms with Crippen LogP contribution in [0.2, 0.25) is 0 Å². The van der Waals surface area contributed by atoms with Crippen LogP contribution in [0, 0.1) is 0 Å².